The summed E-state index contributed by atoms with van der Waals surface area (Å²) in [6.07, 6.45) is 6.97. The van der Waals surface area contributed by atoms with Crippen molar-refractivity contribution in [2.45, 2.75) is 57.6 Å². The van der Waals surface area contributed by atoms with Crippen molar-refractivity contribution >= 4 is 5.97 Å². The Hall–Kier alpha value is -0.570. The number of carbonyl (C=O) groups excluding carboxylic acids is 1. The van der Waals surface area contributed by atoms with Crippen molar-refractivity contribution in [1.29, 1.82) is 0 Å². The molecule has 86 valence electrons. The van der Waals surface area contributed by atoms with E-state index in [1.165, 1.54) is 19.3 Å². The molecule has 1 N–H and O–H groups in total. The van der Waals surface area contributed by atoms with Gasteiger partial charge in [0.25, 0.3) is 0 Å². The Bertz CT molecular complexity index is 224. The van der Waals surface area contributed by atoms with Gasteiger partial charge in [-0.05, 0) is 44.6 Å². The van der Waals surface area contributed by atoms with Crippen LogP contribution in [-0.4, -0.2) is 24.7 Å². The lowest BCUT2D eigenvalue weighted by molar-refractivity contribution is -0.155. The van der Waals surface area contributed by atoms with Gasteiger partial charge in [0.15, 0.2) is 0 Å². The highest BCUT2D eigenvalue weighted by molar-refractivity contribution is 5.76. The molecule has 3 atom stereocenters. The van der Waals surface area contributed by atoms with Crippen molar-refractivity contribution in [3.8, 4) is 0 Å². The highest BCUT2D eigenvalue weighted by Crippen LogP contribution is 2.26. The largest absolute Gasteiger partial charge is 0.461 e. The molecular weight excluding hydrogens is 190 g/mol. The molecule has 3 heteroatoms. The summed E-state index contributed by atoms with van der Waals surface area (Å²) in [6.45, 7) is 3.15. The van der Waals surface area contributed by atoms with Crippen molar-refractivity contribution in [2.24, 2.45) is 5.92 Å². The SMILES string of the molecule is CC1CCCCC1OC(=O)[C@@H]1CCCN1. The molecule has 2 fully saturated rings. The van der Waals surface area contributed by atoms with Crippen LogP contribution >= 0.6 is 0 Å². The smallest absolute Gasteiger partial charge is 0.323 e. The molecule has 0 amide bonds. The third-order valence-electron chi connectivity index (χ3n) is 3.65. The van der Waals surface area contributed by atoms with Crippen LogP contribution < -0.4 is 5.32 Å². The lowest BCUT2D eigenvalue weighted by Crippen LogP contribution is -2.37. The van der Waals surface area contributed by atoms with Crippen LogP contribution in [0, 0.1) is 5.92 Å². The number of rotatable bonds is 2. The lowest BCUT2D eigenvalue weighted by Gasteiger charge is -2.29. The zero-order valence-electron chi connectivity index (χ0n) is 9.50. The fraction of sp³-hybridized carbons (Fsp3) is 0.917. The second kappa shape index (κ2) is 4.97. The third-order valence-corrected chi connectivity index (χ3v) is 3.65. The van der Waals surface area contributed by atoms with Gasteiger partial charge >= 0.3 is 5.97 Å². The summed E-state index contributed by atoms with van der Waals surface area (Å²) in [4.78, 5) is 11.8. The second-order valence-electron chi connectivity index (χ2n) is 4.89. The zero-order chi connectivity index (χ0) is 10.7. The predicted octanol–water partition coefficient (Wildman–Crippen LogP) is 1.86. The van der Waals surface area contributed by atoms with Crippen LogP contribution in [0.4, 0.5) is 0 Å². The number of hydrogen-bond acceptors (Lipinski definition) is 3. The number of carbonyl (C=O) groups is 1. The van der Waals surface area contributed by atoms with Crippen LogP contribution in [0.25, 0.3) is 0 Å². The summed E-state index contributed by atoms with van der Waals surface area (Å²) >= 11 is 0. The maximum Gasteiger partial charge on any atom is 0.323 e. The molecule has 2 rings (SSSR count). The highest BCUT2D eigenvalue weighted by Gasteiger charge is 2.29. The molecule has 2 aliphatic rings. The first-order chi connectivity index (χ1) is 7.27. The Morgan fingerprint density at radius 2 is 2.00 bits per heavy atom. The van der Waals surface area contributed by atoms with Gasteiger partial charge in [0, 0.05) is 0 Å². The Morgan fingerprint density at radius 3 is 2.67 bits per heavy atom. The van der Waals surface area contributed by atoms with Crippen molar-refractivity contribution in [1.82, 2.24) is 5.32 Å². The number of ether oxygens (including phenoxy) is 1. The quantitative estimate of drug-likeness (QED) is 0.708. The molecule has 1 heterocycles. The molecular formula is C12H21NO2. The molecule has 1 aliphatic heterocycles. The molecule has 0 aromatic rings. The molecule has 1 saturated carbocycles. The molecule has 0 bridgehead atoms. The van der Waals surface area contributed by atoms with Crippen LogP contribution in [-0.2, 0) is 9.53 Å². The van der Waals surface area contributed by atoms with Gasteiger partial charge in [0.2, 0.25) is 0 Å². The van der Waals surface area contributed by atoms with E-state index in [1.807, 2.05) is 0 Å². The van der Waals surface area contributed by atoms with E-state index in [0.717, 1.165) is 25.8 Å². The first-order valence-electron chi connectivity index (χ1n) is 6.21. The molecule has 1 saturated heterocycles. The van der Waals surface area contributed by atoms with Crippen LogP contribution in [0.1, 0.15) is 45.4 Å². The third kappa shape index (κ3) is 2.71. The Morgan fingerprint density at radius 1 is 1.20 bits per heavy atom. The van der Waals surface area contributed by atoms with Crippen molar-refractivity contribution in [3.05, 3.63) is 0 Å². The van der Waals surface area contributed by atoms with Gasteiger partial charge in [-0.25, -0.2) is 0 Å². The molecule has 0 spiro atoms. The summed E-state index contributed by atoms with van der Waals surface area (Å²) in [5.74, 6) is 0.523. The topological polar surface area (TPSA) is 38.3 Å². The number of nitrogens with one attached hydrogen (secondary N) is 1. The summed E-state index contributed by atoms with van der Waals surface area (Å²) in [5.41, 5.74) is 0. The van der Waals surface area contributed by atoms with Gasteiger partial charge in [-0.15, -0.1) is 0 Å². The first-order valence-corrected chi connectivity index (χ1v) is 6.21. The Balaban J connectivity index is 1.81. The fourth-order valence-corrected chi connectivity index (χ4v) is 2.57. The van der Waals surface area contributed by atoms with Crippen LogP contribution in [0.3, 0.4) is 0 Å². The van der Waals surface area contributed by atoms with Gasteiger partial charge in [-0.2, -0.15) is 0 Å². The van der Waals surface area contributed by atoms with Crippen molar-refractivity contribution in [3.63, 3.8) is 0 Å². The maximum absolute atomic E-state index is 11.8. The minimum absolute atomic E-state index is 0.0220. The van der Waals surface area contributed by atoms with E-state index in [0.29, 0.717) is 5.92 Å². The number of esters is 1. The molecule has 0 aromatic carbocycles. The van der Waals surface area contributed by atoms with Crippen LogP contribution in [0.5, 0.6) is 0 Å². The van der Waals surface area contributed by atoms with Gasteiger partial charge in [0.1, 0.15) is 12.1 Å². The molecule has 0 aromatic heterocycles. The lowest BCUT2D eigenvalue weighted by atomic mass is 9.88. The van der Waals surface area contributed by atoms with E-state index < -0.39 is 0 Å². The van der Waals surface area contributed by atoms with E-state index in [9.17, 15) is 4.79 Å². The molecule has 1 aliphatic carbocycles. The van der Waals surface area contributed by atoms with Gasteiger partial charge < -0.3 is 10.1 Å². The number of hydrogen-bond donors (Lipinski definition) is 1. The minimum Gasteiger partial charge on any atom is -0.461 e. The minimum atomic E-state index is -0.0286. The molecule has 2 unspecified atom stereocenters. The van der Waals surface area contributed by atoms with E-state index in [-0.39, 0.29) is 18.1 Å². The summed E-state index contributed by atoms with van der Waals surface area (Å²) in [5, 5.41) is 3.19. The zero-order valence-corrected chi connectivity index (χ0v) is 9.50. The van der Waals surface area contributed by atoms with E-state index >= 15 is 0 Å². The second-order valence-corrected chi connectivity index (χ2v) is 4.89. The van der Waals surface area contributed by atoms with Crippen LogP contribution in [0.15, 0.2) is 0 Å². The standard InChI is InChI=1S/C12H21NO2/c1-9-5-2-3-7-11(9)15-12(14)10-6-4-8-13-10/h9-11,13H,2-8H2,1H3/t9?,10-,11?/m0/s1. The molecule has 3 nitrogen and oxygen atoms in total. The first kappa shape index (κ1) is 10.9. The Kier molecular flexibility index (Phi) is 3.62. The normalized spacial score (nSPS) is 36.5. The van der Waals surface area contributed by atoms with Gasteiger partial charge in [-0.1, -0.05) is 13.3 Å². The summed E-state index contributed by atoms with van der Waals surface area (Å²) in [6, 6.07) is -0.0286. The maximum atomic E-state index is 11.8. The van der Waals surface area contributed by atoms with Gasteiger partial charge in [0.05, 0.1) is 0 Å². The van der Waals surface area contributed by atoms with E-state index in [1.54, 1.807) is 0 Å². The van der Waals surface area contributed by atoms with Crippen LogP contribution in [0.2, 0.25) is 0 Å². The summed E-state index contributed by atoms with van der Waals surface area (Å²) < 4.78 is 5.59. The average molecular weight is 211 g/mol. The Labute approximate surface area is 91.6 Å². The van der Waals surface area contributed by atoms with E-state index in [4.69, 9.17) is 4.74 Å². The summed E-state index contributed by atoms with van der Waals surface area (Å²) in [7, 11) is 0. The predicted molar refractivity (Wildman–Crippen MR) is 58.5 cm³/mol. The van der Waals surface area contributed by atoms with Gasteiger partial charge in [-0.3, -0.25) is 4.79 Å². The average Bonchev–Trinajstić information content (AvgIpc) is 2.74. The van der Waals surface area contributed by atoms with E-state index in [2.05, 4.69) is 12.2 Å². The van der Waals surface area contributed by atoms with Crippen molar-refractivity contribution in [2.75, 3.05) is 6.54 Å². The van der Waals surface area contributed by atoms with Crippen molar-refractivity contribution < 1.29 is 9.53 Å². The monoisotopic (exact) mass is 211 g/mol. The molecule has 15 heavy (non-hydrogen) atoms. The fourth-order valence-electron chi connectivity index (χ4n) is 2.57. The highest BCUT2D eigenvalue weighted by atomic mass is 16.5. The molecule has 0 radical (unpaired) electrons.